The fraction of sp³-hybridized carbons (Fsp3) is 0.217. The number of rotatable bonds is 8. The summed E-state index contributed by atoms with van der Waals surface area (Å²) in [4.78, 5) is 17.5. The summed E-state index contributed by atoms with van der Waals surface area (Å²) in [5.41, 5.74) is 0.451. The summed E-state index contributed by atoms with van der Waals surface area (Å²) in [7, 11) is 2.72. The topological polar surface area (TPSA) is 87.7 Å². The minimum atomic E-state index is -1.10. The van der Waals surface area contributed by atoms with Gasteiger partial charge in [0.15, 0.2) is 28.8 Å². The number of aliphatic hydroxyl groups excluding tert-OH is 1. The molecule has 2 heterocycles. The number of ether oxygens (including phenoxy) is 3. The molecule has 11 heteroatoms. The van der Waals surface area contributed by atoms with Crippen LogP contribution >= 0.6 is 11.6 Å². The van der Waals surface area contributed by atoms with Crippen molar-refractivity contribution >= 4 is 22.8 Å². The molecule has 1 N–H and O–H groups in total. The lowest BCUT2D eigenvalue weighted by Crippen LogP contribution is -2.24. The molecular weight excluding hydrogens is 472 g/mol. The minimum Gasteiger partial charge on any atom is -0.496 e. The van der Waals surface area contributed by atoms with Gasteiger partial charge in [0.2, 0.25) is 0 Å². The Morgan fingerprint density at radius 2 is 1.85 bits per heavy atom. The zero-order chi connectivity index (χ0) is 24.4. The lowest BCUT2D eigenvalue weighted by molar-refractivity contribution is 0.270. The number of benzene rings is 2. The number of halogens is 3. The molecule has 0 radical (unpaired) electrons. The molecule has 0 aliphatic heterocycles. The van der Waals surface area contributed by atoms with E-state index in [1.54, 1.807) is 12.1 Å². The Bertz CT molecular complexity index is 1420. The van der Waals surface area contributed by atoms with Crippen LogP contribution in [0.2, 0.25) is 5.02 Å². The van der Waals surface area contributed by atoms with Crippen molar-refractivity contribution in [3.63, 3.8) is 0 Å². The SMILES string of the molecule is COc1cc(Cl)c(-n2c(=O)n(CCO)c3cccnc32)cc1OCc1c(OC)ccc(F)c1F. The van der Waals surface area contributed by atoms with E-state index in [0.717, 1.165) is 6.07 Å². The van der Waals surface area contributed by atoms with E-state index in [-0.39, 0.29) is 53.3 Å². The molecule has 0 spiro atoms. The van der Waals surface area contributed by atoms with E-state index in [2.05, 4.69) is 4.98 Å². The average molecular weight is 492 g/mol. The van der Waals surface area contributed by atoms with Gasteiger partial charge in [0, 0.05) is 18.3 Å². The van der Waals surface area contributed by atoms with Gasteiger partial charge in [-0.1, -0.05) is 11.6 Å². The van der Waals surface area contributed by atoms with Crippen molar-refractivity contribution in [3.8, 4) is 22.9 Å². The van der Waals surface area contributed by atoms with E-state index in [1.165, 1.54) is 47.7 Å². The molecule has 0 aliphatic carbocycles. The van der Waals surface area contributed by atoms with Crippen LogP contribution in [-0.2, 0) is 13.2 Å². The van der Waals surface area contributed by atoms with E-state index in [0.29, 0.717) is 11.2 Å². The molecule has 4 aromatic rings. The van der Waals surface area contributed by atoms with E-state index in [1.807, 2.05) is 0 Å². The van der Waals surface area contributed by atoms with Gasteiger partial charge in [0.1, 0.15) is 12.4 Å². The highest BCUT2D eigenvalue weighted by Crippen LogP contribution is 2.37. The van der Waals surface area contributed by atoms with Crippen molar-refractivity contribution in [1.29, 1.82) is 0 Å². The summed E-state index contributed by atoms with van der Waals surface area (Å²) < 4.78 is 47.0. The van der Waals surface area contributed by atoms with Crippen LogP contribution in [-0.4, -0.2) is 40.1 Å². The van der Waals surface area contributed by atoms with Gasteiger partial charge in [-0.25, -0.2) is 23.1 Å². The Kier molecular flexibility index (Phi) is 6.71. The van der Waals surface area contributed by atoms with Crippen molar-refractivity contribution in [2.24, 2.45) is 0 Å². The number of imidazole rings is 1. The number of fused-ring (bicyclic) bond motifs is 1. The maximum absolute atomic E-state index is 14.4. The van der Waals surface area contributed by atoms with Crippen LogP contribution in [0.4, 0.5) is 8.78 Å². The zero-order valence-electron chi connectivity index (χ0n) is 18.2. The van der Waals surface area contributed by atoms with E-state index in [9.17, 15) is 18.7 Å². The number of aliphatic hydroxyl groups is 1. The van der Waals surface area contributed by atoms with Crippen molar-refractivity contribution in [2.75, 3.05) is 20.8 Å². The van der Waals surface area contributed by atoms with Gasteiger partial charge in [-0.3, -0.25) is 4.57 Å². The lowest BCUT2D eigenvalue weighted by atomic mass is 10.2. The maximum Gasteiger partial charge on any atom is 0.335 e. The fourth-order valence-electron chi connectivity index (χ4n) is 3.64. The van der Waals surface area contributed by atoms with E-state index >= 15 is 0 Å². The molecular formula is C23H20ClF2N3O5. The van der Waals surface area contributed by atoms with Crippen LogP contribution in [0.3, 0.4) is 0 Å². The number of hydrogen-bond donors (Lipinski definition) is 1. The first kappa shape index (κ1) is 23.5. The Balaban J connectivity index is 1.83. The fourth-order valence-corrected chi connectivity index (χ4v) is 3.88. The first-order valence-electron chi connectivity index (χ1n) is 10.1. The lowest BCUT2D eigenvalue weighted by Gasteiger charge is -2.16. The monoisotopic (exact) mass is 491 g/mol. The second-order valence-electron chi connectivity index (χ2n) is 7.12. The molecule has 2 aromatic carbocycles. The van der Waals surface area contributed by atoms with Crippen LogP contribution < -0.4 is 19.9 Å². The first-order chi connectivity index (χ1) is 16.4. The van der Waals surface area contributed by atoms with Crippen LogP contribution in [0.5, 0.6) is 17.2 Å². The zero-order valence-corrected chi connectivity index (χ0v) is 19.0. The van der Waals surface area contributed by atoms with Crippen molar-refractivity contribution in [2.45, 2.75) is 13.2 Å². The maximum atomic E-state index is 14.4. The molecule has 4 rings (SSSR count). The second kappa shape index (κ2) is 9.70. The molecule has 0 amide bonds. The van der Waals surface area contributed by atoms with Gasteiger partial charge in [-0.2, -0.15) is 0 Å². The number of nitrogens with zero attached hydrogens (tertiary/aromatic N) is 3. The highest BCUT2D eigenvalue weighted by Gasteiger charge is 2.21. The summed E-state index contributed by atoms with van der Waals surface area (Å²) in [6.07, 6.45) is 1.52. The van der Waals surface area contributed by atoms with Crippen molar-refractivity contribution in [3.05, 3.63) is 75.3 Å². The third kappa shape index (κ3) is 4.06. The number of hydrogen-bond acceptors (Lipinski definition) is 6. The first-order valence-corrected chi connectivity index (χ1v) is 10.5. The molecule has 0 atom stereocenters. The molecule has 2 aromatic heterocycles. The third-order valence-electron chi connectivity index (χ3n) is 5.23. The normalized spacial score (nSPS) is 11.1. The molecule has 0 saturated heterocycles. The summed E-state index contributed by atoms with van der Waals surface area (Å²) in [5, 5.41) is 9.56. The van der Waals surface area contributed by atoms with Crippen molar-refractivity contribution in [1.82, 2.24) is 14.1 Å². The van der Waals surface area contributed by atoms with E-state index in [4.69, 9.17) is 25.8 Å². The summed E-state index contributed by atoms with van der Waals surface area (Å²) in [6.45, 7) is -0.576. The molecule has 34 heavy (non-hydrogen) atoms. The second-order valence-corrected chi connectivity index (χ2v) is 7.53. The molecule has 0 fully saturated rings. The van der Waals surface area contributed by atoms with Gasteiger partial charge in [-0.15, -0.1) is 0 Å². The third-order valence-corrected chi connectivity index (χ3v) is 5.54. The molecule has 0 bridgehead atoms. The molecule has 8 nitrogen and oxygen atoms in total. The van der Waals surface area contributed by atoms with Gasteiger partial charge in [0.05, 0.1) is 49.2 Å². The number of aromatic nitrogens is 3. The van der Waals surface area contributed by atoms with Crippen LogP contribution in [0.1, 0.15) is 5.56 Å². The van der Waals surface area contributed by atoms with Crippen LogP contribution in [0, 0.1) is 11.6 Å². The number of methoxy groups -OCH3 is 2. The molecule has 178 valence electrons. The Morgan fingerprint density at radius 1 is 1.09 bits per heavy atom. The van der Waals surface area contributed by atoms with Gasteiger partial charge in [-0.05, 0) is 24.3 Å². The van der Waals surface area contributed by atoms with Gasteiger partial charge in [0.25, 0.3) is 0 Å². The predicted octanol–water partition coefficient (Wildman–Crippen LogP) is 3.71. The van der Waals surface area contributed by atoms with Crippen LogP contribution in [0.15, 0.2) is 47.4 Å². The summed E-state index contributed by atoms with van der Waals surface area (Å²) in [6, 6.07) is 8.51. The Morgan fingerprint density at radius 3 is 2.56 bits per heavy atom. The molecule has 0 saturated carbocycles. The predicted molar refractivity (Wildman–Crippen MR) is 121 cm³/mol. The Labute approximate surface area is 197 Å². The standard InChI is InChI=1S/C23H20ClF2N3O5/c1-32-18-6-5-15(25)21(26)13(18)12-34-20-11-17(14(24)10-19(20)33-2)29-22-16(4-3-7-27-22)28(8-9-30)23(29)31/h3-7,10-11,30H,8-9,12H2,1-2H3. The molecule has 0 aliphatic rings. The smallest absolute Gasteiger partial charge is 0.335 e. The largest absolute Gasteiger partial charge is 0.496 e. The summed E-state index contributed by atoms with van der Waals surface area (Å²) in [5.74, 6) is -1.69. The van der Waals surface area contributed by atoms with Gasteiger partial charge >= 0.3 is 5.69 Å². The van der Waals surface area contributed by atoms with Gasteiger partial charge < -0.3 is 19.3 Å². The molecule has 0 unspecified atom stereocenters. The number of pyridine rings is 1. The van der Waals surface area contributed by atoms with E-state index < -0.39 is 17.3 Å². The highest BCUT2D eigenvalue weighted by molar-refractivity contribution is 6.32. The quantitative estimate of drug-likeness (QED) is 0.404. The highest BCUT2D eigenvalue weighted by atomic mass is 35.5. The average Bonchev–Trinajstić information content (AvgIpc) is 3.12. The summed E-state index contributed by atoms with van der Waals surface area (Å²) >= 11 is 6.47. The van der Waals surface area contributed by atoms with Crippen LogP contribution in [0.25, 0.3) is 16.9 Å². The minimum absolute atomic E-state index is 0.0593. The van der Waals surface area contributed by atoms with Crippen molar-refractivity contribution < 1.29 is 28.1 Å². The Hall–Kier alpha value is -3.63.